The molecular formula is C8H8ClN5O2S2. The average molecular weight is 306 g/mol. The minimum Gasteiger partial charge on any atom is -0.399 e. The Labute approximate surface area is 112 Å². The van der Waals surface area contributed by atoms with Crippen LogP contribution in [0.15, 0.2) is 17.0 Å². The summed E-state index contributed by atoms with van der Waals surface area (Å²) in [6.45, 7) is 1.67. The van der Waals surface area contributed by atoms with Gasteiger partial charge in [0.2, 0.25) is 5.13 Å². The predicted octanol–water partition coefficient (Wildman–Crippen LogP) is 1.28. The molecule has 0 atom stereocenters. The molecule has 3 N–H and O–H groups in total. The molecule has 0 amide bonds. The van der Waals surface area contributed by atoms with Crippen molar-refractivity contribution >= 4 is 44.0 Å². The first-order valence-electron chi connectivity index (χ1n) is 4.63. The summed E-state index contributed by atoms with van der Waals surface area (Å²) in [7, 11) is -3.85. The van der Waals surface area contributed by atoms with Gasteiger partial charge in [-0.15, -0.1) is 0 Å². The first kappa shape index (κ1) is 13.0. The molecule has 0 bridgehead atoms. The van der Waals surface area contributed by atoms with E-state index in [0.717, 1.165) is 11.5 Å². The minimum atomic E-state index is -3.85. The molecule has 0 fully saturated rings. The zero-order valence-electron chi connectivity index (χ0n) is 9.08. The number of nitrogens with zero attached hydrogens (tertiary/aromatic N) is 3. The largest absolute Gasteiger partial charge is 0.399 e. The number of anilines is 2. The second kappa shape index (κ2) is 4.67. The fraction of sp³-hybridized carbons (Fsp3) is 0.125. The van der Waals surface area contributed by atoms with Crippen LogP contribution in [0.25, 0.3) is 0 Å². The third-order valence-electron chi connectivity index (χ3n) is 2.05. The van der Waals surface area contributed by atoms with Crippen LogP contribution < -0.4 is 10.5 Å². The molecule has 0 aliphatic rings. The van der Waals surface area contributed by atoms with E-state index < -0.39 is 10.0 Å². The lowest BCUT2D eigenvalue weighted by Crippen LogP contribution is -2.14. The van der Waals surface area contributed by atoms with Crippen molar-refractivity contribution in [1.82, 2.24) is 14.8 Å². The second-order valence-corrected chi connectivity index (χ2v) is 6.18. The van der Waals surface area contributed by atoms with E-state index in [0.29, 0.717) is 11.3 Å². The Bertz CT molecular complexity index is 671. The fourth-order valence-electron chi connectivity index (χ4n) is 1.30. The van der Waals surface area contributed by atoms with Gasteiger partial charge in [0.1, 0.15) is 4.90 Å². The number of aryl methyl sites for hydroxylation is 1. The summed E-state index contributed by atoms with van der Waals surface area (Å²) in [5, 5.41) is 6.97. The van der Waals surface area contributed by atoms with Crippen LogP contribution in [-0.4, -0.2) is 23.2 Å². The van der Waals surface area contributed by atoms with Crippen LogP contribution in [0.3, 0.4) is 0 Å². The van der Waals surface area contributed by atoms with Gasteiger partial charge >= 0.3 is 0 Å². The standard InChI is InChI=1S/C8H8ClN5O2S2/c1-4-2-5(10)3-6(7(4)9)18(15,16)12-8-11-13-14-17-8/h2-3H,10H2,1H3,(H,11,12,14). The number of rotatable bonds is 3. The third-order valence-corrected chi connectivity index (χ3v) is 4.67. The van der Waals surface area contributed by atoms with Crippen LogP contribution >= 0.6 is 23.1 Å². The molecule has 10 heteroatoms. The van der Waals surface area contributed by atoms with Gasteiger partial charge in [-0.25, -0.2) is 8.42 Å². The Morgan fingerprint density at radius 3 is 2.78 bits per heavy atom. The number of nitrogens with one attached hydrogen (secondary N) is 1. The van der Waals surface area contributed by atoms with Gasteiger partial charge in [0.15, 0.2) is 0 Å². The van der Waals surface area contributed by atoms with Gasteiger partial charge in [-0.05, 0) is 29.8 Å². The molecule has 18 heavy (non-hydrogen) atoms. The highest BCUT2D eigenvalue weighted by Gasteiger charge is 2.21. The van der Waals surface area contributed by atoms with Gasteiger partial charge in [-0.1, -0.05) is 21.2 Å². The van der Waals surface area contributed by atoms with Crippen molar-refractivity contribution in [3.05, 3.63) is 22.7 Å². The minimum absolute atomic E-state index is 0.0612. The molecule has 0 aliphatic heterocycles. The Morgan fingerprint density at radius 2 is 2.17 bits per heavy atom. The SMILES string of the molecule is Cc1cc(N)cc(S(=O)(=O)Nc2nnns2)c1Cl. The first-order chi connectivity index (χ1) is 8.40. The predicted molar refractivity (Wildman–Crippen MR) is 69.1 cm³/mol. The van der Waals surface area contributed by atoms with Crippen LogP contribution in [0, 0.1) is 6.92 Å². The summed E-state index contributed by atoms with van der Waals surface area (Å²) < 4.78 is 29.8. The maximum absolute atomic E-state index is 12.1. The van der Waals surface area contributed by atoms with Crippen LogP contribution in [0.2, 0.25) is 5.02 Å². The van der Waals surface area contributed by atoms with E-state index in [4.69, 9.17) is 17.3 Å². The molecule has 1 heterocycles. The molecule has 2 aromatic rings. The molecule has 1 aromatic heterocycles. The number of benzene rings is 1. The van der Waals surface area contributed by atoms with Gasteiger partial charge in [-0.3, -0.25) is 4.72 Å². The van der Waals surface area contributed by atoms with Crippen molar-refractivity contribution in [3.8, 4) is 0 Å². The lowest BCUT2D eigenvalue weighted by atomic mass is 10.2. The zero-order chi connectivity index (χ0) is 13.3. The fourth-order valence-corrected chi connectivity index (χ4v) is 3.49. The number of hydrogen-bond donors (Lipinski definition) is 2. The molecule has 0 aliphatic carbocycles. The van der Waals surface area contributed by atoms with Crippen LogP contribution in [-0.2, 0) is 10.0 Å². The van der Waals surface area contributed by atoms with Crippen molar-refractivity contribution < 1.29 is 8.42 Å². The number of aromatic nitrogens is 3. The van der Waals surface area contributed by atoms with Gasteiger partial charge in [0.25, 0.3) is 10.0 Å². The molecule has 0 unspecified atom stereocenters. The summed E-state index contributed by atoms with van der Waals surface area (Å²) in [5.74, 6) is 0. The smallest absolute Gasteiger partial charge is 0.265 e. The zero-order valence-corrected chi connectivity index (χ0v) is 11.5. The maximum atomic E-state index is 12.1. The van der Waals surface area contributed by atoms with E-state index in [1.807, 2.05) is 0 Å². The molecule has 7 nitrogen and oxygen atoms in total. The van der Waals surface area contributed by atoms with E-state index >= 15 is 0 Å². The van der Waals surface area contributed by atoms with Gasteiger partial charge in [-0.2, -0.15) is 0 Å². The average Bonchev–Trinajstić information content (AvgIpc) is 2.75. The Morgan fingerprint density at radius 1 is 1.44 bits per heavy atom. The van der Waals surface area contributed by atoms with Crippen LogP contribution in [0.5, 0.6) is 0 Å². The van der Waals surface area contributed by atoms with E-state index in [1.165, 1.54) is 6.07 Å². The Hall–Kier alpha value is -1.45. The molecule has 0 radical (unpaired) electrons. The molecule has 96 valence electrons. The van der Waals surface area contributed by atoms with Crippen LogP contribution in [0.1, 0.15) is 5.56 Å². The molecule has 0 spiro atoms. The summed E-state index contributed by atoms with van der Waals surface area (Å²) in [6.07, 6.45) is 0. The summed E-state index contributed by atoms with van der Waals surface area (Å²) >= 11 is 6.79. The number of nitrogens with two attached hydrogens (primary N) is 1. The highest BCUT2D eigenvalue weighted by atomic mass is 35.5. The second-order valence-electron chi connectivity index (χ2n) is 3.42. The molecule has 0 saturated carbocycles. The lowest BCUT2D eigenvalue weighted by molar-refractivity contribution is 0.601. The third kappa shape index (κ3) is 2.52. The summed E-state index contributed by atoms with van der Waals surface area (Å²) in [5.41, 5.74) is 6.50. The highest BCUT2D eigenvalue weighted by molar-refractivity contribution is 7.93. The normalized spacial score (nSPS) is 11.4. The monoisotopic (exact) mass is 305 g/mol. The van der Waals surface area contributed by atoms with E-state index in [-0.39, 0.29) is 15.0 Å². The van der Waals surface area contributed by atoms with Gasteiger partial charge < -0.3 is 5.73 Å². The van der Waals surface area contributed by atoms with Gasteiger partial charge in [0.05, 0.1) is 5.02 Å². The van der Waals surface area contributed by atoms with Crippen molar-refractivity contribution in [2.75, 3.05) is 10.5 Å². The number of sulfonamides is 1. The topological polar surface area (TPSA) is 111 Å². The van der Waals surface area contributed by atoms with Crippen molar-refractivity contribution in [2.45, 2.75) is 11.8 Å². The van der Waals surface area contributed by atoms with E-state index in [2.05, 4.69) is 19.5 Å². The van der Waals surface area contributed by atoms with Gasteiger partial charge in [0, 0.05) is 17.2 Å². The number of hydrogen-bond acceptors (Lipinski definition) is 7. The lowest BCUT2D eigenvalue weighted by Gasteiger charge is -2.09. The summed E-state index contributed by atoms with van der Waals surface area (Å²) in [6, 6.07) is 2.87. The maximum Gasteiger partial charge on any atom is 0.265 e. The van der Waals surface area contributed by atoms with E-state index in [1.54, 1.807) is 13.0 Å². The molecule has 1 aromatic carbocycles. The van der Waals surface area contributed by atoms with E-state index in [9.17, 15) is 8.42 Å². The number of halogens is 1. The van der Waals surface area contributed by atoms with Crippen molar-refractivity contribution in [2.24, 2.45) is 0 Å². The molecule has 2 rings (SSSR count). The van der Waals surface area contributed by atoms with Crippen molar-refractivity contribution in [1.29, 1.82) is 0 Å². The highest BCUT2D eigenvalue weighted by Crippen LogP contribution is 2.29. The first-order valence-corrected chi connectivity index (χ1v) is 7.27. The van der Waals surface area contributed by atoms with Crippen LogP contribution in [0.4, 0.5) is 10.8 Å². The Kier molecular flexibility index (Phi) is 3.37. The van der Waals surface area contributed by atoms with Crippen molar-refractivity contribution in [3.63, 3.8) is 0 Å². The Balaban J connectivity index is 2.48. The quantitative estimate of drug-likeness (QED) is 0.826. The summed E-state index contributed by atoms with van der Waals surface area (Å²) in [4.78, 5) is -0.100. The molecule has 0 saturated heterocycles. The number of nitrogen functional groups attached to an aromatic ring is 1. The molecular weight excluding hydrogens is 298 g/mol.